The molecule has 122 valence electrons. The van der Waals surface area contributed by atoms with Gasteiger partial charge in [0.25, 0.3) is 0 Å². The lowest BCUT2D eigenvalue weighted by Gasteiger charge is -2.36. The Kier molecular flexibility index (Phi) is 5.10. The number of benzene rings is 1. The minimum Gasteiger partial charge on any atom is -0.386 e. The first-order chi connectivity index (χ1) is 11.2. The molecule has 1 amide bonds. The number of carbonyl (C=O) groups is 1. The lowest BCUT2D eigenvalue weighted by Crippen LogP contribution is -2.48. The smallest absolute Gasteiger partial charge is 0.230 e. The summed E-state index contributed by atoms with van der Waals surface area (Å²) in [6.45, 7) is 1.39. The number of hydrogen-bond donors (Lipinski definition) is 2. The third kappa shape index (κ3) is 3.47. The molecule has 1 aliphatic heterocycles. The fourth-order valence-electron chi connectivity index (χ4n) is 3.06. The standard InChI is InChI=1S/C18H21NO3S/c20-15(16-7-4-12-23-16)13-19-17(21)18(8-10-22-11-9-18)14-5-2-1-3-6-14/h1-7,12,15,20H,8-11,13H2,(H,19,21). The zero-order chi connectivity index (χ0) is 16.1. The molecule has 2 N–H and O–H groups in total. The van der Waals surface area contributed by atoms with E-state index in [0.29, 0.717) is 26.1 Å². The monoisotopic (exact) mass is 331 g/mol. The number of hydrogen-bond acceptors (Lipinski definition) is 4. The first-order valence-corrected chi connectivity index (χ1v) is 8.73. The second-order valence-electron chi connectivity index (χ2n) is 5.80. The minimum atomic E-state index is -0.661. The van der Waals surface area contributed by atoms with Gasteiger partial charge in [0.05, 0.1) is 5.41 Å². The highest BCUT2D eigenvalue weighted by Gasteiger charge is 2.41. The number of aliphatic hydroxyl groups excluding tert-OH is 1. The number of rotatable bonds is 5. The van der Waals surface area contributed by atoms with E-state index in [1.807, 2.05) is 47.8 Å². The summed E-state index contributed by atoms with van der Waals surface area (Å²) >= 11 is 1.49. The van der Waals surface area contributed by atoms with Gasteiger partial charge in [0.15, 0.2) is 0 Å². The maximum atomic E-state index is 12.9. The SMILES string of the molecule is O=C(NCC(O)c1cccs1)C1(c2ccccc2)CCOCC1. The fraction of sp³-hybridized carbons (Fsp3) is 0.389. The first-order valence-electron chi connectivity index (χ1n) is 7.85. The molecule has 1 aliphatic rings. The van der Waals surface area contributed by atoms with Crippen LogP contribution in [0, 0.1) is 0 Å². The Balaban J connectivity index is 1.73. The molecule has 0 saturated carbocycles. The molecule has 5 heteroatoms. The van der Waals surface area contributed by atoms with Crippen molar-refractivity contribution in [2.45, 2.75) is 24.4 Å². The summed E-state index contributed by atoms with van der Waals surface area (Å²) in [7, 11) is 0. The van der Waals surface area contributed by atoms with Gasteiger partial charge in [-0.05, 0) is 29.9 Å². The van der Waals surface area contributed by atoms with Gasteiger partial charge in [-0.15, -0.1) is 11.3 Å². The molecule has 1 fully saturated rings. The highest BCUT2D eigenvalue weighted by Crippen LogP contribution is 2.35. The molecule has 4 nitrogen and oxygen atoms in total. The molecule has 0 bridgehead atoms. The second kappa shape index (κ2) is 7.25. The lowest BCUT2D eigenvalue weighted by atomic mass is 9.73. The van der Waals surface area contributed by atoms with Crippen molar-refractivity contribution in [1.29, 1.82) is 0 Å². The second-order valence-corrected chi connectivity index (χ2v) is 6.78. The van der Waals surface area contributed by atoms with Gasteiger partial charge >= 0.3 is 0 Å². The summed E-state index contributed by atoms with van der Waals surface area (Å²) in [5.74, 6) is -0.0254. The van der Waals surface area contributed by atoms with Crippen LogP contribution in [-0.2, 0) is 14.9 Å². The average molecular weight is 331 g/mol. The van der Waals surface area contributed by atoms with Crippen molar-refractivity contribution in [3.63, 3.8) is 0 Å². The van der Waals surface area contributed by atoms with E-state index < -0.39 is 11.5 Å². The number of amides is 1. The van der Waals surface area contributed by atoms with Crippen LogP contribution in [-0.4, -0.2) is 30.8 Å². The van der Waals surface area contributed by atoms with Crippen LogP contribution in [0.4, 0.5) is 0 Å². The molecule has 1 aromatic carbocycles. The van der Waals surface area contributed by atoms with Gasteiger partial charge in [0.1, 0.15) is 6.10 Å². The van der Waals surface area contributed by atoms with Crippen LogP contribution in [0.15, 0.2) is 47.8 Å². The summed E-state index contributed by atoms with van der Waals surface area (Å²) in [6.07, 6.45) is 0.669. The van der Waals surface area contributed by atoms with Crippen molar-refractivity contribution in [2.75, 3.05) is 19.8 Å². The van der Waals surface area contributed by atoms with E-state index in [9.17, 15) is 9.90 Å². The topological polar surface area (TPSA) is 58.6 Å². The van der Waals surface area contributed by atoms with Crippen LogP contribution in [0.25, 0.3) is 0 Å². The Hall–Kier alpha value is -1.69. The van der Waals surface area contributed by atoms with E-state index in [1.165, 1.54) is 11.3 Å². The molecule has 1 unspecified atom stereocenters. The summed E-state index contributed by atoms with van der Waals surface area (Å²) in [6, 6.07) is 13.6. The number of thiophene rings is 1. The highest BCUT2D eigenvalue weighted by molar-refractivity contribution is 7.10. The molecule has 0 aliphatic carbocycles. The summed E-state index contributed by atoms with van der Waals surface area (Å²) in [5.41, 5.74) is 0.459. The molecule has 3 rings (SSSR count). The fourth-order valence-corrected chi connectivity index (χ4v) is 3.78. The number of aliphatic hydroxyl groups is 1. The van der Waals surface area contributed by atoms with Crippen LogP contribution in [0.1, 0.15) is 29.4 Å². The normalized spacial score (nSPS) is 18.3. The van der Waals surface area contributed by atoms with Gasteiger partial charge < -0.3 is 15.2 Å². The Morgan fingerprint density at radius 2 is 1.96 bits per heavy atom. The van der Waals surface area contributed by atoms with Gasteiger partial charge in [0.2, 0.25) is 5.91 Å². The molecule has 23 heavy (non-hydrogen) atoms. The van der Waals surface area contributed by atoms with Gasteiger partial charge in [-0.2, -0.15) is 0 Å². The molecule has 0 radical (unpaired) electrons. The Morgan fingerprint density at radius 1 is 1.22 bits per heavy atom. The summed E-state index contributed by atoms with van der Waals surface area (Å²) in [5, 5.41) is 15.0. The van der Waals surface area contributed by atoms with E-state index in [-0.39, 0.29) is 12.5 Å². The highest BCUT2D eigenvalue weighted by atomic mass is 32.1. The van der Waals surface area contributed by atoms with Crippen LogP contribution < -0.4 is 5.32 Å². The first kappa shape index (κ1) is 16.2. The van der Waals surface area contributed by atoms with Crippen LogP contribution in [0.5, 0.6) is 0 Å². The number of carbonyl (C=O) groups excluding carboxylic acids is 1. The zero-order valence-corrected chi connectivity index (χ0v) is 13.7. The largest absolute Gasteiger partial charge is 0.386 e. The Labute approximate surface area is 140 Å². The van der Waals surface area contributed by atoms with E-state index in [1.54, 1.807) is 0 Å². The average Bonchev–Trinajstić information content (AvgIpc) is 3.15. The third-order valence-electron chi connectivity index (χ3n) is 4.43. The van der Waals surface area contributed by atoms with Crippen molar-refractivity contribution in [3.8, 4) is 0 Å². The van der Waals surface area contributed by atoms with Gasteiger partial charge in [0, 0.05) is 24.6 Å². The Morgan fingerprint density at radius 3 is 2.61 bits per heavy atom. The van der Waals surface area contributed by atoms with E-state index >= 15 is 0 Å². The number of ether oxygens (including phenoxy) is 1. The van der Waals surface area contributed by atoms with Crippen molar-refractivity contribution in [1.82, 2.24) is 5.32 Å². The van der Waals surface area contributed by atoms with Crippen LogP contribution in [0.3, 0.4) is 0 Å². The predicted octanol–water partition coefficient (Wildman–Crippen LogP) is 2.65. The predicted molar refractivity (Wildman–Crippen MR) is 90.5 cm³/mol. The van der Waals surface area contributed by atoms with E-state index in [0.717, 1.165) is 10.4 Å². The van der Waals surface area contributed by atoms with Crippen molar-refractivity contribution in [2.24, 2.45) is 0 Å². The Bertz CT molecular complexity index is 621. The van der Waals surface area contributed by atoms with Crippen LogP contribution in [0.2, 0.25) is 0 Å². The molecule has 0 spiro atoms. The minimum absolute atomic E-state index is 0.0254. The van der Waals surface area contributed by atoms with Gasteiger partial charge in [-0.25, -0.2) is 0 Å². The van der Waals surface area contributed by atoms with Gasteiger partial charge in [-0.3, -0.25) is 4.79 Å². The number of nitrogens with one attached hydrogen (secondary N) is 1. The zero-order valence-electron chi connectivity index (χ0n) is 12.9. The molecular weight excluding hydrogens is 310 g/mol. The van der Waals surface area contributed by atoms with E-state index in [4.69, 9.17) is 4.74 Å². The summed E-state index contributed by atoms with van der Waals surface area (Å²) in [4.78, 5) is 13.8. The van der Waals surface area contributed by atoms with Crippen molar-refractivity contribution in [3.05, 3.63) is 58.3 Å². The molecule has 1 aromatic heterocycles. The molecule has 1 saturated heterocycles. The molecule has 2 aromatic rings. The lowest BCUT2D eigenvalue weighted by molar-refractivity contribution is -0.131. The van der Waals surface area contributed by atoms with Gasteiger partial charge in [-0.1, -0.05) is 36.4 Å². The maximum absolute atomic E-state index is 12.9. The van der Waals surface area contributed by atoms with Crippen molar-refractivity contribution >= 4 is 17.2 Å². The molecule has 2 heterocycles. The molecular formula is C18H21NO3S. The molecule has 1 atom stereocenters. The third-order valence-corrected chi connectivity index (χ3v) is 5.41. The van der Waals surface area contributed by atoms with Crippen LogP contribution >= 0.6 is 11.3 Å². The quantitative estimate of drug-likeness (QED) is 0.885. The van der Waals surface area contributed by atoms with E-state index in [2.05, 4.69) is 5.32 Å². The maximum Gasteiger partial charge on any atom is 0.230 e. The van der Waals surface area contributed by atoms with Crippen molar-refractivity contribution < 1.29 is 14.6 Å². The summed E-state index contributed by atoms with van der Waals surface area (Å²) < 4.78 is 5.45.